The molecule has 1 saturated heterocycles. The van der Waals surface area contributed by atoms with Crippen LogP contribution in [0.4, 0.5) is 0 Å². The van der Waals surface area contributed by atoms with Crippen molar-refractivity contribution in [1.29, 1.82) is 0 Å². The first-order valence-electron chi connectivity index (χ1n) is 8.25. The van der Waals surface area contributed by atoms with E-state index in [1.807, 2.05) is 7.05 Å². The number of likely N-dealkylation sites (tertiary alicyclic amines) is 1. The molecule has 1 saturated carbocycles. The van der Waals surface area contributed by atoms with Crippen molar-refractivity contribution in [1.82, 2.24) is 10.2 Å². The number of halogens is 1. The average molecular weight is 303 g/mol. The van der Waals surface area contributed by atoms with Crippen LogP contribution >= 0.6 is 12.4 Å². The molecule has 1 atom stereocenters. The number of amides is 1. The molecule has 0 bridgehead atoms. The average Bonchev–Trinajstić information content (AvgIpc) is 2.89. The molecular formula is C16H31ClN2O. The lowest BCUT2D eigenvalue weighted by atomic mass is 9.86. The Kier molecular flexibility index (Phi) is 8.55. The van der Waals surface area contributed by atoms with Crippen LogP contribution in [-0.2, 0) is 4.79 Å². The summed E-state index contributed by atoms with van der Waals surface area (Å²) in [5.74, 6) is 1.31. The molecule has 0 aromatic rings. The molecule has 3 nitrogen and oxygen atoms in total. The van der Waals surface area contributed by atoms with Crippen LogP contribution in [-0.4, -0.2) is 37.0 Å². The van der Waals surface area contributed by atoms with E-state index in [0.717, 1.165) is 31.8 Å². The molecule has 118 valence electrons. The van der Waals surface area contributed by atoms with Crippen molar-refractivity contribution >= 4 is 18.3 Å². The first-order valence-corrected chi connectivity index (χ1v) is 8.25. The third-order valence-corrected chi connectivity index (χ3v) is 4.86. The minimum atomic E-state index is 0. The minimum Gasteiger partial charge on any atom is -0.338 e. The second-order valence-electron chi connectivity index (χ2n) is 6.34. The van der Waals surface area contributed by atoms with Gasteiger partial charge < -0.3 is 10.2 Å². The third kappa shape index (κ3) is 5.25. The summed E-state index contributed by atoms with van der Waals surface area (Å²) in [5, 5.41) is 3.21. The molecule has 1 aliphatic carbocycles. The van der Waals surface area contributed by atoms with E-state index in [-0.39, 0.29) is 12.4 Å². The Hall–Kier alpha value is -0.280. The highest BCUT2D eigenvalue weighted by Crippen LogP contribution is 2.28. The molecule has 2 aliphatic rings. The van der Waals surface area contributed by atoms with Crippen molar-refractivity contribution in [3.8, 4) is 0 Å². The van der Waals surface area contributed by atoms with Crippen LogP contribution in [0, 0.1) is 5.92 Å². The highest BCUT2D eigenvalue weighted by Gasteiger charge is 2.27. The molecule has 1 N–H and O–H groups in total. The zero-order valence-electron chi connectivity index (χ0n) is 12.9. The largest absolute Gasteiger partial charge is 0.338 e. The first-order chi connectivity index (χ1) is 9.31. The molecule has 0 spiro atoms. The molecule has 1 amide bonds. The SMILES string of the molecule is CNCC1CCCN1C(=O)CCCC1CCCCC1.Cl. The van der Waals surface area contributed by atoms with Crippen LogP contribution < -0.4 is 5.32 Å². The van der Waals surface area contributed by atoms with Crippen molar-refractivity contribution in [3.63, 3.8) is 0 Å². The number of hydrogen-bond donors (Lipinski definition) is 1. The van der Waals surface area contributed by atoms with Gasteiger partial charge in [-0.15, -0.1) is 12.4 Å². The van der Waals surface area contributed by atoms with E-state index in [0.29, 0.717) is 11.9 Å². The van der Waals surface area contributed by atoms with E-state index >= 15 is 0 Å². The fourth-order valence-electron chi connectivity index (χ4n) is 3.77. The first kappa shape index (κ1) is 17.8. The van der Waals surface area contributed by atoms with Crippen LogP contribution in [0.2, 0.25) is 0 Å². The minimum absolute atomic E-state index is 0. The van der Waals surface area contributed by atoms with Gasteiger partial charge in [-0.3, -0.25) is 4.79 Å². The molecule has 1 heterocycles. The van der Waals surface area contributed by atoms with Gasteiger partial charge in [0.2, 0.25) is 5.91 Å². The summed E-state index contributed by atoms with van der Waals surface area (Å²) in [5.41, 5.74) is 0. The van der Waals surface area contributed by atoms with Crippen molar-refractivity contribution in [2.24, 2.45) is 5.92 Å². The summed E-state index contributed by atoms with van der Waals surface area (Å²) in [7, 11) is 1.98. The van der Waals surface area contributed by atoms with Gasteiger partial charge in [0.05, 0.1) is 0 Å². The molecule has 0 aromatic carbocycles. The summed E-state index contributed by atoms with van der Waals surface area (Å²) < 4.78 is 0. The second-order valence-corrected chi connectivity index (χ2v) is 6.34. The molecular weight excluding hydrogens is 272 g/mol. The summed E-state index contributed by atoms with van der Waals surface area (Å²) in [6.07, 6.45) is 12.6. The van der Waals surface area contributed by atoms with E-state index in [9.17, 15) is 4.79 Å². The molecule has 4 heteroatoms. The monoisotopic (exact) mass is 302 g/mol. The predicted octanol–water partition coefficient (Wildman–Crippen LogP) is 3.37. The van der Waals surface area contributed by atoms with Crippen LogP contribution in [0.3, 0.4) is 0 Å². The fourth-order valence-corrected chi connectivity index (χ4v) is 3.77. The summed E-state index contributed by atoms with van der Waals surface area (Å²) in [6, 6.07) is 0.451. The van der Waals surface area contributed by atoms with Crippen molar-refractivity contribution in [3.05, 3.63) is 0 Å². The predicted molar refractivity (Wildman–Crippen MR) is 86.3 cm³/mol. The van der Waals surface area contributed by atoms with Crippen molar-refractivity contribution < 1.29 is 4.79 Å². The summed E-state index contributed by atoms with van der Waals surface area (Å²) >= 11 is 0. The number of nitrogens with one attached hydrogen (secondary N) is 1. The zero-order chi connectivity index (χ0) is 13.5. The zero-order valence-corrected chi connectivity index (χ0v) is 13.7. The standard InChI is InChI=1S/C16H30N2O.ClH/c1-17-13-15-10-6-12-18(15)16(19)11-5-9-14-7-3-2-4-8-14;/h14-15,17H,2-13H2,1H3;1H. The lowest BCUT2D eigenvalue weighted by molar-refractivity contribution is -0.132. The smallest absolute Gasteiger partial charge is 0.222 e. The van der Waals surface area contributed by atoms with Gasteiger partial charge >= 0.3 is 0 Å². The van der Waals surface area contributed by atoms with E-state index in [4.69, 9.17) is 0 Å². The Morgan fingerprint density at radius 2 is 1.90 bits per heavy atom. The Bertz CT molecular complexity index is 280. The molecule has 0 radical (unpaired) electrons. The third-order valence-electron chi connectivity index (χ3n) is 4.86. The van der Waals surface area contributed by atoms with E-state index in [1.165, 1.54) is 51.4 Å². The van der Waals surface area contributed by atoms with E-state index < -0.39 is 0 Å². The Labute approximate surface area is 130 Å². The van der Waals surface area contributed by atoms with Gasteiger partial charge in [0.25, 0.3) is 0 Å². The molecule has 20 heavy (non-hydrogen) atoms. The van der Waals surface area contributed by atoms with Gasteiger partial charge in [-0.2, -0.15) is 0 Å². The lowest BCUT2D eigenvalue weighted by Crippen LogP contribution is -2.40. The summed E-state index contributed by atoms with van der Waals surface area (Å²) in [4.78, 5) is 14.4. The number of hydrogen-bond acceptors (Lipinski definition) is 2. The Morgan fingerprint density at radius 1 is 1.15 bits per heavy atom. The number of likely N-dealkylation sites (N-methyl/N-ethyl adjacent to an activating group) is 1. The maximum absolute atomic E-state index is 12.3. The van der Waals surface area contributed by atoms with Crippen LogP contribution in [0.1, 0.15) is 64.2 Å². The number of rotatable bonds is 6. The van der Waals surface area contributed by atoms with E-state index in [2.05, 4.69) is 10.2 Å². The molecule has 0 aromatic heterocycles. The normalized spacial score (nSPS) is 23.6. The van der Waals surface area contributed by atoms with Crippen LogP contribution in [0.25, 0.3) is 0 Å². The maximum Gasteiger partial charge on any atom is 0.222 e. The molecule has 2 fully saturated rings. The number of carbonyl (C=O) groups excluding carboxylic acids is 1. The Balaban J connectivity index is 0.00000200. The van der Waals surface area contributed by atoms with Gasteiger partial charge in [0.1, 0.15) is 0 Å². The van der Waals surface area contributed by atoms with Crippen molar-refractivity contribution in [2.75, 3.05) is 20.1 Å². The lowest BCUT2D eigenvalue weighted by Gasteiger charge is -2.25. The number of nitrogens with zero attached hydrogens (tertiary/aromatic N) is 1. The number of carbonyl (C=O) groups is 1. The summed E-state index contributed by atoms with van der Waals surface area (Å²) in [6.45, 7) is 1.93. The second kappa shape index (κ2) is 9.62. The van der Waals surface area contributed by atoms with Crippen molar-refractivity contribution in [2.45, 2.75) is 70.3 Å². The highest BCUT2D eigenvalue weighted by molar-refractivity contribution is 5.85. The van der Waals surface area contributed by atoms with Gasteiger partial charge in [0.15, 0.2) is 0 Å². The topological polar surface area (TPSA) is 32.3 Å². The van der Waals surface area contributed by atoms with Gasteiger partial charge in [-0.1, -0.05) is 32.1 Å². The fraction of sp³-hybridized carbons (Fsp3) is 0.938. The van der Waals surface area contributed by atoms with Gasteiger partial charge in [-0.25, -0.2) is 0 Å². The van der Waals surface area contributed by atoms with E-state index in [1.54, 1.807) is 0 Å². The van der Waals surface area contributed by atoms with Crippen LogP contribution in [0.15, 0.2) is 0 Å². The molecule has 2 rings (SSSR count). The highest BCUT2D eigenvalue weighted by atomic mass is 35.5. The molecule has 1 unspecified atom stereocenters. The van der Waals surface area contributed by atoms with Gasteiger partial charge in [0, 0.05) is 25.6 Å². The van der Waals surface area contributed by atoms with Crippen LogP contribution in [0.5, 0.6) is 0 Å². The maximum atomic E-state index is 12.3. The molecule has 1 aliphatic heterocycles. The Morgan fingerprint density at radius 3 is 2.60 bits per heavy atom. The quantitative estimate of drug-likeness (QED) is 0.816. The van der Waals surface area contributed by atoms with Gasteiger partial charge in [-0.05, 0) is 38.6 Å².